The summed E-state index contributed by atoms with van der Waals surface area (Å²) in [7, 11) is -5.90. The van der Waals surface area contributed by atoms with Crippen molar-refractivity contribution in [2.75, 3.05) is 13.2 Å². The number of amides is 2. The number of fused-ring (bicyclic) bond motifs is 4. The van der Waals surface area contributed by atoms with E-state index in [0.717, 1.165) is 23.1 Å². The normalized spacial score (nSPS) is 21.9. The van der Waals surface area contributed by atoms with Crippen LogP contribution in [0.3, 0.4) is 0 Å². The summed E-state index contributed by atoms with van der Waals surface area (Å²) in [5.41, 5.74) is -5.36. The standard InChI is InChI=1S/C14H13F3N2O7S/c1-2-25-12(20)11-8-4-3-7(26-27(23,24)14(15,16)17)5-9(8)10-6-18(11)13(21)19(10)22/h3-5,10-11,22H,2,6H2,1H3/t10-,11-/m1/s1. The fourth-order valence-corrected chi connectivity index (χ4v) is 3.46. The molecule has 13 heteroatoms. The third-order valence-corrected chi connectivity index (χ3v) is 5.11. The molecule has 0 saturated carbocycles. The van der Waals surface area contributed by atoms with Crippen LogP contribution in [-0.2, 0) is 19.6 Å². The number of carbonyl (C=O) groups excluding carboxylic acids is 2. The number of alkyl halides is 3. The Bertz CT molecular complexity index is 902. The molecule has 1 aromatic rings. The van der Waals surface area contributed by atoms with Crippen molar-refractivity contribution in [1.82, 2.24) is 9.96 Å². The van der Waals surface area contributed by atoms with Gasteiger partial charge in [-0.15, -0.1) is 0 Å². The van der Waals surface area contributed by atoms with E-state index >= 15 is 0 Å². The molecule has 0 spiro atoms. The average molecular weight is 410 g/mol. The minimum Gasteiger partial charge on any atom is -0.464 e. The summed E-state index contributed by atoms with van der Waals surface area (Å²) in [5, 5.41) is 10.3. The van der Waals surface area contributed by atoms with Crippen LogP contribution in [0.5, 0.6) is 5.75 Å². The highest BCUT2D eigenvalue weighted by atomic mass is 32.2. The molecule has 3 rings (SSSR count). The molecule has 1 N–H and O–H groups in total. The highest BCUT2D eigenvalue weighted by Crippen LogP contribution is 2.44. The number of nitrogens with zero attached hydrogens (tertiary/aromatic N) is 2. The Morgan fingerprint density at radius 1 is 1.33 bits per heavy atom. The summed E-state index contributed by atoms with van der Waals surface area (Å²) < 4.78 is 68.9. The lowest BCUT2D eigenvalue weighted by Gasteiger charge is -2.31. The van der Waals surface area contributed by atoms with E-state index in [1.54, 1.807) is 6.92 Å². The molecule has 2 heterocycles. The van der Waals surface area contributed by atoms with Crippen LogP contribution >= 0.6 is 0 Å². The second-order valence-electron chi connectivity index (χ2n) is 5.72. The monoisotopic (exact) mass is 410 g/mol. The first-order chi connectivity index (χ1) is 12.5. The molecule has 1 aromatic carbocycles. The molecule has 2 aliphatic heterocycles. The van der Waals surface area contributed by atoms with E-state index in [-0.39, 0.29) is 24.3 Å². The van der Waals surface area contributed by atoms with Crippen molar-refractivity contribution >= 4 is 22.1 Å². The molecular weight excluding hydrogens is 397 g/mol. The predicted octanol–water partition coefficient (Wildman–Crippen LogP) is 1.70. The van der Waals surface area contributed by atoms with Gasteiger partial charge in [0.2, 0.25) is 0 Å². The van der Waals surface area contributed by atoms with Gasteiger partial charge in [-0.3, -0.25) is 5.21 Å². The molecule has 9 nitrogen and oxygen atoms in total. The first-order valence-corrected chi connectivity index (χ1v) is 8.98. The second kappa shape index (κ2) is 6.27. The number of ether oxygens (including phenoxy) is 1. The molecule has 2 atom stereocenters. The number of rotatable bonds is 4. The number of carbonyl (C=O) groups is 2. The van der Waals surface area contributed by atoms with E-state index < -0.39 is 45.5 Å². The fraction of sp³-hybridized carbons (Fsp3) is 0.429. The van der Waals surface area contributed by atoms with Crippen LogP contribution in [0, 0.1) is 0 Å². The van der Waals surface area contributed by atoms with Crippen LogP contribution in [0.1, 0.15) is 30.1 Å². The van der Waals surface area contributed by atoms with Crippen LogP contribution < -0.4 is 4.18 Å². The van der Waals surface area contributed by atoms with Crippen molar-refractivity contribution in [3.05, 3.63) is 29.3 Å². The highest BCUT2D eigenvalue weighted by molar-refractivity contribution is 7.88. The maximum Gasteiger partial charge on any atom is 0.534 e. The lowest BCUT2D eigenvalue weighted by molar-refractivity contribution is -0.148. The molecule has 1 fully saturated rings. The van der Waals surface area contributed by atoms with Gasteiger partial charge in [-0.2, -0.15) is 26.7 Å². The van der Waals surface area contributed by atoms with E-state index in [1.807, 2.05) is 0 Å². The van der Waals surface area contributed by atoms with E-state index in [2.05, 4.69) is 4.18 Å². The van der Waals surface area contributed by atoms with E-state index in [9.17, 15) is 36.4 Å². The number of halogens is 3. The van der Waals surface area contributed by atoms with E-state index in [0.29, 0.717) is 5.06 Å². The second-order valence-corrected chi connectivity index (χ2v) is 7.26. The summed E-state index contributed by atoms with van der Waals surface area (Å²) in [4.78, 5) is 25.4. The summed E-state index contributed by atoms with van der Waals surface area (Å²) in [6, 6.07) is -0.103. The smallest absolute Gasteiger partial charge is 0.464 e. The number of hydrogen-bond donors (Lipinski definition) is 1. The van der Waals surface area contributed by atoms with Crippen molar-refractivity contribution in [1.29, 1.82) is 0 Å². The molecule has 0 aromatic heterocycles. The van der Waals surface area contributed by atoms with Gasteiger partial charge >= 0.3 is 27.6 Å². The van der Waals surface area contributed by atoms with Crippen LogP contribution in [0.2, 0.25) is 0 Å². The molecule has 2 aliphatic rings. The van der Waals surface area contributed by atoms with Crippen LogP contribution in [0.4, 0.5) is 18.0 Å². The zero-order valence-electron chi connectivity index (χ0n) is 13.6. The third kappa shape index (κ3) is 3.06. The van der Waals surface area contributed by atoms with Gasteiger partial charge in [-0.25, -0.2) is 9.59 Å². The topological polar surface area (TPSA) is 113 Å². The maximum absolute atomic E-state index is 12.5. The quantitative estimate of drug-likeness (QED) is 0.348. The third-order valence-electron chi connectivity index (χ3n) is 4.13. The summed E-state index contributed by atoms with van der Waals surface area (Å²) in [5.74, 6) is -1.47. The van der Waals surface area contributed by atoms with Crippen LogP contribution in [0.15, 0.2) is 18.2 Å². The first kappa shape index (κ1) is 19.2. The molecule has 2 bridgehead atoms. The molecule has 148 valence electrons. The minimum absolute atomic E-state index is 0.0178. The fourth-order valence-electron chi connectivity index (χ4n) is 3.01. The first-order valence-electron chi connectivity index (χ1n) is 7.58. The maximum atomic E-state index is 12.5. The zero-order chi connectivity index (χ0) is 20.1. The Morgan fingerprint density at radius 2 is 2.00 bits per heavy atom. The van der Waals surface area contributed by atoms with Gasteiger partial charge in [0.15, 0.2) is 6.04 Å². The number of urea groups is 1. The van der Waals surface area contributed by atoms with E-state index in [4.69, 9.17) is 4.74 Å². The summed E-state index contributed by atoms with van der Waals surface area (Å²) >= 11 is 0. The van der Waals surface area contributed by atoms with Crippen LogP contribution in [-0.4, -0.2) is 54.2 Å². The largest absolute Gasteiger partial charge is 0.534 e. The Labute approximate surface area is 150 Å². The number of benzene rings is 1. The number of esters is 1. The number of hydroxylamine groups is 2. The lowest BCUT2D eigenvalue weighted by Crippen LogP contribution is -2.39. The van der Waals surface area contributed by atoms with Gasteiger partial charge in [0.25, 0.3) is 0 Å². The van der Waals surface area contributed by atoms with Gasteiger partial charge in [0.05, 0.1) is 13.2 Å². The van der Waals surface area contributed by atoms with Crippen molar-refractivity contribution in [2.45, 2.75) is 24.5 Å². The Kier molecular flexibility index (Phi) is 4.46. The molecule has 0 unspecified atom stereocenters. The Balaban J connectivity index is 2.05. The Hall–Kier alpha value is -2.54. The summed E-state index contributed by atoms with van der Waals surface area (Å²) in [6.45, 7) is 1.43. The lowest BCUT2D eigenvalue weighted by atomic mass is 9.91. The molecule has 0 radical (unpaired) electrons. The number of hydrogen-bond acceptors (Lipinski definition) is 7. The van der Waals surface area contributed by atoms with Crippen LogP contribution in [0.25, 0.3) is 0 Å². The molecule has 27 heavy (non-hydrogen) atoms. The summed E-state index contributed by atoms with van der Waals surface area (Å²) in [6.07, 6.45) is 0. The van der Waals surface area contributed by atoms with Gasteiger partial charge in [0.1, 0.15) is 11.8 Å². The highest BCUT2D eigenvalue weighted by Gasteiger charge is 2.51. The molecular formula is C14H13F3N2O7S. The molecule has 2 amide bonds. The predicted molar refractivity (Wildman–Crippen MR) is 79.9 cm³/mol. The van der Waals surface area contributed by atoms with Gasteiger partial charge in [0, 0.05) is 0 Å². The van der Waals surface area contributed by atoms with Gasteiger partial charge in [-0.05, 0) is 30.2 Å². The van der Waals surface area contributed by atoms with E-state index in [1.165, 1.54) is 0 Å². The van der Waals surface area contributed by atoms with Gasteiger partial charge < -0.3 is 13.8 Å². The molecule has 0 aliphatic carbocycles. The van der Waals surface area contributed by atoms with Crippen molar-refractivity contribution in [3.63, 3.8) is 0 Å². The van der Waals surface area contributed by atoms with Crippen molar-refractivity contribution in [2.24, 2.45) is 0 Å². The minimum atomic E-state index is -5.90. The van der Waals surface area contributed by atoms with Crippen molar-refractivity contribution in [3.8, 4) is 5.75 Å². The average Bonchev–Trinajstić information content (AvgIpc) is 2.81. The zero-order valence-corrected chi connectivity index (χ0v) is 14.5. The SMILES string of the molecule is CCOC(=O)[C@H]1c2ccc(OS(=O)(=O)C(F)(F)F)cc2[C@H]2CN1C(=O)N2O. The Morgan fingerprint density at radius 3 is 2.59 bits per heavy atom. The van der Waals surface area contributed by atoms with Crippen molar-refractivity contribution < 1.29 is 45.3 Å². The van der Waals surface area contributed by atoms with Gasteiger partial charge in [-0.1, -0.05) is 6.07 Å². The molecule has 1 saturated heterocycles.